The van der Waals surface area contributed by atoms with Gasteiger partial charge in [0.1, 0.15) is 19.8 Å². The lowest BCUT2D eigenvalue weighted by atomic mass is 10.0. The summed E-state index contributed by atoms with van der Waals surface area (Å²) in [6.07, 6.45) is 75.2. The van der Waals surface area contributed by atoms with Gasteiger partial charge in [-0.2, -0.15) is 0 Å². The zero-order chi connectivity index (χ0) is 57.0. The van der Waals surface area contributed by atoms with Gasteiger partial charge in [0.2, 0.25) is 0 Å². The zero-order valence-electron chi connectivity index (χ0n) is 52.4. The quantitative estimate of drug-likeness (QED) is 0.0211. The van der Waals surface area contributed by atoms with Gasteiger partial charge in [0.25, 0.3) is 0 Å². The molecule has 2 atom stereocenters. The summed E-state index contributed by atoms with van der Waals surface area (Å²) in [6, 6.07) is 0. The molecule has 78 heavy (non-hydrogen) atoms. The van der Waals surface area contributed by atoms with E-state index in [1.54, 1.807) is 0 Å². The summed E-state index contributed by atoms with van der Waals surface area (Å²) in [5.41, 5.74) is 0. The van der Waals surface area contributed by atoms with Crippen LogP contribution in [0.25, 0.3) is 0 Å². The molecule has 0 bridgehead atoms. The summed E-state index contributed by atoms with van der Waals surface area (Å²) >= 11 is 0. The molecule has 10 heteroatoms. The predicted molar refractivity (Wildman–Crippen MR) is 335 cm³/mol. The largest absolute Gasteiger partial charge is 0.472 e. The van der Waals surface area contributed by atoms with E-state index in [4.69, 9.17) is 18.5 Å². The third-order valence-corrected chi connectivity index (χ3v) is 16.1. The Kier molecular flexibility index (Phi) is 58.5. The highest BCUT2D eigenvalue weighted by Gasteiger charge is 2.27. The molecule has 0 aliphatic rings. The molecule has 0 saturated heterocycles. The normalized spacial score (nSPS) is 13.4. The van der Waals surface area contributed by atoms with E-state index in [0.29, 0.717) is 23.9 Å². The lowest BCUT2D eigenvalue weighted by Crippen LogP contribution is -2.37. The maximum absolute atomic E-state index is 12.9. The van der Waals surface area contributed by atoms with Crippen molar-refractivity contribution in [2.45, 2.75) is 341 Å². The molecule has 0 aliphatic carbocycles. The van der Waals surface area contributed by atoms with Crippen LogP contribution in [0.2, 0.25) is 0 Å². The number of unbranched alkanes of at least 4 members (excludes halogenated alkanes) is 43. The number of carbonyl (C=O) groups excluding carboxylic acids is 2. The number of esters is 2. The van der Waals surface area contributed by atoms with Crippen molar-refractivity contribution in [3.05, 3.63) is 36.5 Å². The number of likely N-dealkylation sites (N-methyl/N-ethyl adjacent to an activating group) is 1. The summed E-state index contributed by atoms with van der Waals surface area (Å²) in [4.78, 5) is 35.8. The van der Waals surface area contributed by atoms with Crippen molar-refractivity contribution in [2.24, 2.45) is 0 Å². The number of ether oxygens (including phenoxy) is 2. The molecule has 0 aromatic heterocycles. The number of quaternary nitrogens is 1. The second-order valence-corrected chi connectivity index (χ2v) is 25.7. The molecule has 0 rings (SSSR count). The molecule has 0 heterocycles. The number of phosphoric ester groups is 1. The fourth-order valence-corrected chi connectivity index (χ4v) is 10.7. The summed E-state index contributed by atoms with van der Waals surface area (Å²) < 4.78 is 34.7. The molecule has 0 aliphatic heterocycles. The van der Waals surface area contributed by atoms with Crippen LogP contribution >= 0.6 is 7.82 Å². The minimum atomic E-state index is -4.39. The van der Waals surface area contributed by atoms with Crippen molar-refractivity contribution in [3.8, 4) is 0 Å². The number of carbonyl (C=O) groups is 2. The maximum atomic E-state index is 12.9. The molecular weight excluding hydrogens is 990 g/mol. The van der Waals surface area contributed by atoms with Crippen LogP contribution in [-0.2, 0) is 32.7 Å². The Labute approximate surface area is 484 Å². The van der Waals surface area contributed by atoms with Gasteiger partial charge in [-0.15, -0.1) is 0 Å². The fraction of sp³-hybridized carbons (Fsp3) is 0.882. The van der Waals surface area contributed by atoms with E-state index in [-0.39, 0.29) is 25.6 Å². The van der Waals surface area contributed by atoms with Gasteiger partial charge < -0.3 is 18.9 Å². The first-order chi connectivity index (χ1) is 38.0. The van der Waals surface area contributed by atoms with Gasteiger partial charge in [-0.1, -0.05) is 288 Å². The number of allylic oxidation sites excluding steroid dienone is 6. The van der Waals surface area contributed by atoms with Crippen molar-refractivity contribution in [1.29, 1.82) is 0 Å². The van der Waals surface area contributed by atoms with E-state index < -0.39 is 26.5 Å². The van der Waals surface area contributed by atoms with Crippen LogP contribution < -0.4 is 0 Å². The molecule has 0 aromatic rings. The highest BCUT2D eigenvalue weighted by molar-refractivity contribution is 7.47. The van der Waals surface area contributed by atoms with Gasteiger partial charge in [0, 0.05) is 12.8 Å². The minimum absolute atomic E-state index is 0.0335. The third kappa shape index (κ3) is 63.4. The van der Waals surface area contributed by atoms with Crippen LogP contribution in [0, 0.1) is 0 Å². The topological polar surface area (TPSA) is 108 Å². The van der Waals surface area contributed by atoms with Crippen molar-refractivity contribution in [1.82, 2.24) is 0 Å². The van der Waals surface area contributed by atoms with Gasteiger partial charge in [0.15, 0.2) is 6.10 Å². The van der Waals surface area contributed by atoms with E-state index in [1.807, 2.05) is 21.1 Å². The van der Waals surface area contributed by atoms with E-state index in [2.05, 4.69) is 50.3 Å². The number of hydrogen-bond donors (Lipinski definition) is 1. The maximum Gasteiger partial charge on any atom is 0.472 e. The Morgan fingerprint density at radius 1 is 0.397 bits per heavy atom. The van der Waals surface area contributed by atoms with Crippen LogP contribution in [0.5, 0.6) is 0 Å². The number of nitrogens with zero attached hydrogens (tertiary/aromatic N) is 1. The Morgan fingerprint density at radius 2 is 0.692 bits per heavy atom. The standard InChI is InChI=1S/C68H130NO8P/c1-6-8-10-12-14-16-18-20-22-24-26-28-30-32-33-34-35-37-38-40-42-44-46-48-50-52-54-56-58-60-67(70)74-64-66(65-76-78(72,73)75-63-62-69(3,4)5)77-68(71)61-59-57-55-53-51-49-47-45-43-41-39-36-31-29-27-25-23-21-19-17-15-13-11-9-7-2/h19,21,24-27,66H,6-18,20,22-23,28-65H2,1-5H3/p+1/b21-19-,26-24-,27-25-. The van der Waals surface area contributed by atoms with Crippen LogP contribution in [0.15, 0.2) is 36.5 Å². The highest BCUT2D eigenvalue weighted by Crippen LogP contribution is 2.43. The molecule has 0 spiro atoms. The summed E-state index contributed by atoms with van der Waals surface area (Å²) in [7, 11) is 1.49. The Balaban J connectivity index is 4.03. The van der Waals surface area contributed by atoms with E-state index in [9.17, 15) is 19.0 Å². The zero-order valence-corrected chi connectivity index (χ0v) is 53.3. The Hall–Kier alpha value is -1.77. The van der Waals surface area contributed by atoms with Crippen LogP contribution in [0.4, 0.5) is 0 Å². The van der Waals surface area contributed by atoms with Crippen LogP contribution in [0.3, 0.4) is 0 Å². The van der Waals surface area contributed by atoms with Crippen molar-refractivity contribution < 1.29 is 42.1 Å². The first-order valence-electron chi connectivity index (χ1n) is 33.7. The van der Waals surface area contributed by atoms with Gasteiger partial charge in [0.05, 0.1) is 27.7 Å². The average molecular weight is 1120 g/mol. The second kappa shape index (κ2) is 59.8. The lowest BCUT2D eigenvalue weighted by Gasteiger charge is -2.24. The van der Waals surface area contributed by atoms with Gasteiger partial charge in [-0.3, -0.25) is 18.6 Å². The first kappa shape index (κ1) is 76.2. The first-order valence-corrected chi connectivity index (χ1v) is 35.2. The molecule has 1 N–H and O–H groups in total. The molecule has 0 amide bonds. The molecule has 0 saturated carbocycles. The number of hydrogen-bond acceptors (Lipinski definition) is 7. The molecule has 0 aromatic carbocycles. The van der Waals surface area contributed by atoms with Gasteiger partial charge in [-0.05, 0) is 70.6 Å². The highest BCUT2D eigenvalue weighted by atomic mass is 31.2. The Bertz CT molecular complexity index is 1410. The molecular formula is C68H131NO8P+. The second-order valence-electron chi connectivity index (χ2n) is 24.2. The van der Waals surface area contributed by atoms with Gasteiger partial charge >= 0.3 is 19.8 Å². The molecule has 460 valence electrons. The fourth-order valence-electron chi connectivity index (χ4n) is 9.93. The summed E-state index contributed by atoms with van der Waals surface area (Å²) in [6.45, 7) is 4.48. The molecule has 2 unspecified atom stereocenters. The smallest absolute Gasteiger partial charge is 0.462 e. The van der Waals surface area contributed by atoms with Crippen molar-refractivity contribution >= 4 is 19.8 Å². The van der Waals surface area contributed by atoms with E-state index in [0.717, 1.165) is 38.5 Å². The monoisotopic (exact) mass is 1120 g/mol. The van der Waals surface area contributed by atoms with Crippen molar-refractivity contribution in [3.63, 3.8) is 0 Å². The van der Waals surface area contributed by atoms with Crippen LogP contribution in [-0.4, -0.2) is 74.9 Å². The Morgan fingerprint density at radius 3 is 1.03 bits per heavy atom. The average Bonchev–Trinajstić information content (AvgIpc) is 3.40. The molecule has 9 nitrogen and oxygen atoms in total. The number of rotatable bonds is 63. The predicted octanol–water partition coefficient (Wildman–Crippen LogP) is 21.5. The minimum Gasteiger partial charge on any atom is -0.462 e. The SMILES string of the molecule is CCCCCCC/C=C\C/C=C\CCCCCCCCCCCCCCCC(=O)OC(COC(=O)CCCCCCCCCCCCCCCCCCC/C=C\CCCCCCCCCC)COP(=O)(O)OCC[N+](C)(C)C. The number of phosphoric acid groups is 1. The molecule has 0 fully saturated rings. The van der Waals surface area contributed by atoms with Crippen molar-refractivity contribution in [2.75, 3.05) is 47.5 Å². The van der Waals surface area contributed by atoms with Gasteiger partial charge in [-0.25, -0.2) is 4.57 Å². The molecule has 0 radical (unpaired) electrons. The lowest BCUT2D eigenvalue weighted by molar-refractivity contribution is -0.870. The summed E-state index contributed by atoms with van der Waals surface area (Å²) in [5.74, 6) is -0.780. The van der Waals surface area contributed by atoms with E-state index in [1.165, 1.54) is 263 Å². The van der Waals surface area contributed by atoms with Crippen LogP contribution in [0.1, 0.15) is 335 Å². The van der Waals surface area contributed by atoms with E-state index >= 15 is 0 Å². The summed E-state index contributed by atoms with van der Waals surface area (Å²) in [5, 5.41) is 0. The third-order valence-electron chi connectivity index (χ3n) is 15.1.